The van der Waals surface area contributed by atoms with Crippen molar-refractivity contribution in [1.29, 1.82) is 0 Å². The van der Waals surface area contributed by atoms with Gasteiger partial charge >= 0.3 is 12.1 Å². The lowest BCUT2D eigenvalue weighted by Crippen LogP contribution is -2.15. The van der Waals surface area contributed by atoms with E-state index in [1.54, 1.807) is 0 Å². The number of aromatic carboxylic acids is 1. The first-order chi connectivity index (χ1) is 12.6. The van der Waals surface area contributed by atoms with Crippen LogP contribution in [0.1, 0.15) is 28.8 Å². The van der Waals surface area contributed by atoms with E-state index in [0.717, 1.165) is 5.56 Å². The average Bonchev–Trinajstić information content (AvgIpc) is 2.65. The van der Waals surface area contributed by atoms with E-state index in [1.807, 2.05) is 30.3 Å². The van der Waals surface area contributed by atoms with Crippen molar-refractivity contribution in [3.63, 3.8) is 0 Å². The monoisotopic (exact) mass is 359 g/mol. The number of hydrogen-bond acceptors (Lipinski definition) is 5. The second kappa shape index (κ2) is 10.0. The molecule has 2 rings (SSSR count). The maximum absolute atomic E-state index is 12.0. The smallest absolute Gasteiger partial charge is 0.412 e. The fraction of sp³-hybridized carbons (Fsp3) is 0.263. The fourth-order valence-corrected chi connectivity index (χ4v) is 2.14. The van der Waals surface area contributed by atoms with Gasteiger partial charge in [0, 0.05) is 6.61 Å². The standard InChI is InChI=1S/C19H21NO6/c21-10-4-5-11-25-17-12-15(18(22)23)8-9-16(17)20-19(24)26-13-14-6-2-1-3-7-14/h1-3,6-9,12,21H,4-5,10-11,13H2,(H,20,24)(H,22,23). The maximum Gasteiger partial charge on any atom is 0.412 e. The van der Waals surface area contributed by atoms with Crippen LogP contribution in [0.15, 0.2) is 48.5 Å². The van der Waals surface area contributed by atoms with Crippen LogP contribution in [0.2, 0.25) is 0 Å². The van der Waals surface area contributed by atoms with Crippen molar-refractivity contribution in [2.24, 2.45) is 0 Å². The molecule has 0 heterocycles. The molecule has 7 heteroatoms. The molecule has 26 heavy (non-hydrogen) atoms. The minimum Gasteiger partial charge on any atom is -0.491 e. The Kier molecular flexibility index (Phi) is 7.45. The van der Waals surface area contributed by atoms with Crippen LogP contribution in [0, 0.1) is 0 Å². The van der Waals surface area contributed by atoms with Crippen molar-refractivity contribution in [2.45, 2.75) is 19.4 Å². The van der Waals surface area contributed by atoms with Gasteiger partial charge in [-0.2, -0.15) is 0 Å². The first-order valence-corrected chi connectivity index (χ1v) is 8.19. The molecule has 0 aliphatic heterocycles. The Morgan fingerprint density at radius 1 is 1.04 bits per heavy atom. The molecule has 0 unspecified atom stereocenters. The maximum atomic E-state index is 12.0. The summed E-state index contributed by atoms with van der Waals surface area (Å²) in [6.07, 6.45) is 0.503. The van der Waals surface area contributed by atoms with Gasteiger partial charge in [-0.3, -0.25) is 5.32 Å². The van der Waals surface area contributed by atoms with E-state index in [2.05, 4.69) is 5.32 Å². The number of hydrogen-bond donors (Lipinski definition) is 3. The van der Waals surface area contributed by atoms with E-state index in [9.17, 15) is 9.59 Å². The minimum absolute atomic E-state index is 0.0466. The van der Waals surface area contributed by atoms with Crippen LogP contribution in [-0.4, -0.2) is 35.5 Å². The number of carbonyl (C=O) groups is 2. The molecule has 0 spiro atoms. The molecule has 0 atom stereocenters. The number of aliphatic hydroxyl groups is 1. The molecule has 0 saturated heterocycles. The second-order valence-electron chi connectivity index (χ2n) is 5.48. The zero-order chi connectivity index (χ0) is 18.8. The van der Waals surface area contributed by atoms with Crippen LogP contribution >= 0.6 is 0 Å². The number of ether oxygens (including phenoxy) is 2. The predicted octanol–water partition coefficient (Wildman–Crippen LogP) is 3.28. The van der Waals surface area contributed by atoms with Crippen LogP contribution in [0.4, 0.5) is 10.5 Å². The molecule has 0 saturated carbocycles. The van der Waals surface area contributed by atoms with Crippen LogP contribution in [-0.2, 0) is 11.3 Å². The van der Waals surface area contributed by atoms with E-state index in [0.29, 0.717) is 18.5 Å². The number of anilines is 1. The number of unbranched alkanes of at least 4 members (excludes halogenated alkanes) is 1. The van der Waals surface area contributed by atoms with Crippen LogP contribution in [0.3, 0.4) is 0 Å². The number of benzene rings is 2. The molecule has 1 amide bonds. The van der Waals surface area contributed by atoms with Crippen molar-refractivity contribution in [1.82, 2.24) is 0 Å². The second-order valence-corrected chi connectivity index (χ2v) is 5.48. The molecule has 2 aromatic carbocycles. The van der Waals surface area contributed by atoms with Gasteiger partial charge in [-0.15, -0.1) is 0 Å². The Labute approximate surface area is 151 Å². The van der Waals surface area contributed by atoms with Crippen LogP contribution < -0.4 is 10.1 Å². The van der Waals surface area contributed by atoms with Gasteiger partial charge in [0.1, 0.15) is 12.4 Å². The molecule has 0 aliphatic carbocycles. The molecule has 2 aromatic rings. The minimum atomic E-state index is -1.09. The van der Waals surface area contributed by atoms with E-state index in [4.69, 9.17) is 19.7 Å². The lowest BCUT2D eigenvalue weighted by atomic mass is 10.2. The topological polar surface area (TPSA) is 105 Å². The quantitative estimate of drug-likeness (QED) is 0.594. The van der Waals surface area contributed by atoms with Gasteiger partial charge in [-0.05, 0) is 36.6 Å². The first kappa shape index (κ1) is 19.3. The van der Waals surface area contributed by atoms with Crippen molar-refractivity contribution in [2.75, 3.05) is 18.5 Å². The van der Waals surface area contributed by atoms with Gasteiger partial charge in [0.25, 0.3) is 0 Å². The molecule has 0 aromatic heterocycles. The summed E-state index contributed by atoms with van der Waals surface area (Å²) < 4.78 is 10.7. The zero-order valence-electron chi connectivity index (χ0n) is 14.2. The summed E-state index contributed by atoms with van der Waals surface area (Å²) >= 11 is 0. The van der Waals surface area contributed by atoms with Crippen molar-refractivity contribution >= 4 is 17.7 Å². The SMILES string of the molecule is O=C(Nc1ccc(C(=O)O)cc1OCCCCO)OCc1ccccc1. The lowest BCUT2D eigenvalue weighted by Gasteiger charge is -2.13. The van der Waals surface area contributed by atoms with E-state index >= 15 is 0 Å². The first-order valence-electron chi connectivity index (χ1n) is 8.19. The molecule has 7 nitrogen and oxygen atoms in total. The normalized spacial score (nSPS) is 10.2. The summed E-state index contributed by atoms with van der Waals surface area (Å²) in [7, 11) is 0. The zero-order valence-corrected chi connectivity index (χ0v) is 14.2. The molecule has 0 fully saturated rings. The summed E-state index contributed by atoms with van der Waals surface area (Å²) in [4.78, 5) is 23.1. The third-order valence-electron chi connectivity index (χ3n) is 3.49. The molecule has 3 N–H and O–H groups in total. The highest BCUT2D eigenvalue weighted by atomic mass is 16.5. The van der Waals surface area contributed by atoms with Gasteiger partial charge in [0.2, 0.25) is 0 Å². The number of carbonyl (C=O) groups excluding carboxylic acids is 1. The average molecular weight is 359 g/mol. The van der Waals surface area contributed by atoms with E-state index < -0.39 is 12.1 Å². The highest BCUT2D eigenvalue weighted by Crippen LogP contribution is 2.26. The van der Waals surface area contributed by atoms with Gasteiger partial charge in [0.05, 0.1) is 17.9 Å². The number of aliphatic hydroxyl groups excluding tert-OH is 1. The molecule has 0 bridgehead atoms. The summed E-state index contributed by atoms with van der Waals surface area (Å²) in [5.74, 6) is -0.858. The largest absolute Gasteiger partial charge is 0.491 e. The van der Waals surface area contributed by atoms with Crippen LogP contribution in [0.25, 0.3) is 0 Å². The molecule has 138 valence electrons. The Hall–Kier alpha value is -3.06. The van der Waals surface area contributed by atoms with Gasteiger partial charge < -0.3 is 19.7 Å². The van der Waals surface area contributed by atoms with E-state index in [1.165, 1.54) is 18.2 Å². The predicted molar refractivity (Wildman–Crippen MR) is 95.5 cm³/mol. The molecular formula is C19H21NO6. The Morgan fingerprint density at radius 2 is 1.81 bits per heavy atom. The Bertz CT molecular complexity index is 732. The summed E-state index contributed by atoms with van der Waals surface area (Å²) in [5.41, 5.74) is 1.21. The summed E-state index contributed by atoms with van der Waals surface area (Å²) in [6, 6.07) is 13.4. The number of amides is 1. The summed E-state index contributed by atoms with van der Waals surface area (Å²) in [6.45, 7) is 0.458. The van der Waals surface area contributed by atoms with Crippen molar-refractivity contribution in [3.8, 4) is 5.75 Å². The highest BCUT2D eigenvalue weighted by molar-refractivity contribution is 5.91. The van der Waals surface area contributed by atoms with E-state index in [-0.39, 0.29) is 31.1 Å². The van der Waals surface area contributed by atoms with Gasteiger partial charge in [0.15, 0.2) is 0 Å². The highest BCUT2D eigenvalue weighted by Gasteiger charge is 2.13. The van der Waals surface area contributed by atoms with Crippen molar-refractivity contribution in [3.05, 3.63) is 59.7 Å². The number of carboxylic acids is 1. The fourth-order valence-electron chi connectivity index (χ4n) is 2.14. The third-order valence-corrected chi connectivity index (χ3v) is 3.49. The Balaban J connectivity index is 2.01. The number of carboxylic acid groups (broad SMARTS) is 1. The van der Waals surface area contributed by atoms with Gasteiger partial charge in [-0.1, -0.05) is 30.3 Å². The summed E-state index contributed by atoms with van der Waals surface area (Å²) in [5, 5.41) is 20.5. The molecule has 0 radical (unpaired) electrons. The number of rotatable bonds is 9. The molecular weight excluding hydrogens is 338 g/mol. The molecule has 0 aliphatic rings. The van der Waals surface area contributed by atoms with Crippen LogP contribution in [0.5, 0.6) is 5.75 Å². The van der Waals surface area contributed by atoms with Gasteiger partial charge in [-0.25, -0.2) is 9.59 Å². The van der Waals surface area contributed by atoms with Crippen molar-refractivity contribution < 1.29 is 29.3 Å². The Morgan fingerprint density at radius 3 is 2.50 bits per heavy atom. The lowest BCUT2D eigenvalue weighted by molar-refractivity contribution is 0.0696. The third kappa shape index (κ3) is 6.10. The number of nitrogens with one attached hydrogen (secondary N) is 1.